The van der Waals surface area contributed by atoms with Gasteiger partial charge in [-0.15, -0.1) is 5.10 Å². The van der Waals surface area contributed by atoms with Gasteiger partial charge in [0.15, 0.2) is 5.82 Å². The molecule has 1 amide bonds. The standard InChI is InChI=1S/C16H21N5O/c1-2-21-15(17-18-19-21)13-8-7-9-14(12-13)16(22)20-10-5-3-4-6-11-20/h7-9,12H,2-6,10-11H2,1H3. The lowest BCUT2D eigenvalue weighted by molar-refractivity contribution is 0.0761. The summed E-state index contributed by atoms with van der Waals surface area (Å²) in [7, 11) is 0. The van der Waals surface area contributed by atoms with Crippen LogP contribution in [0.3, 0.4) is 0 Å². The average Bonchev–Trinajstić information content (AvgIpc) is 2.88. The van der Waals surface area contributed by atoms with Crippen LogP contribution in [0.15, 0.2) is 24.3 Å². The van der Waals surface area contributed by atoms with Crippen LogP contribution in [0.25, 0.3) is 11.4 Å². The molecule has 0 unspecified atom stereocenters. The van der Waals surface area contributed by atoms with E-state index in [-0.39, 0.29) is 5.91 Å². The second-order valence-corrected chi connectivity index (χ2v) is 5.61. The third-order valence-corrected chi connectivity index (χ3v) is 4.09. The van der Waals surface area contributed by atoms with Crippen molar-refractivity contribution in [3.63, 3.8) is 0 Å². The molecule has 1 aromatic carbocycles. The summed E-state index contributed by atoms with van der Waals surface area (Å²) in [6.45, 7) is 4.41. The molecule has 3 rings (SSSR count). The van der Waals surface area contributed by atoms with Gasteiger partial charge in [-0.3, -0.25) is 4.79 Å². The molecule has 1 aromatic heterocycles. The maximum absolute atomic E-state index is 12.7. The van der Waals surface area contributed by atoms with Crippen LogP contribution in [0.5, 0.6) is 0 Å². The van der Waals surface area contributed by atoms with Crippen LogP contribution in [0.1, 0.15) is 43.0 Å². The number of benzene rings is 1. The lowest BCUT2D eigenvalue weighted by Crippen LogP contribution is -2.31. The molecule has 2 aromatic rings. The summed E-state index contributed by atoms with van der Waals surface area (Å²) in [5.74, 6) is 0.812. The highest BCUT2D eigenvalue weighted by Gasteiger charge is 2.18. The number of carbonyl (C=O) groups is 1. The van der Waals surface area contributed by atoms with Crippen molar-refractivity contribution in [2.45, 2.75) is 39.2 Å². The highest BCUT2D eigenvalue weighted by atomic mass is 16.2. The van der Waals surface area contributed by atoms with Gasteiger partial charge in [0.05, 0.1) is 0 Å². The topological polar surface area (TPSA) is 63.9 Å². The third-order valence-electron chi connectivity index (χ3n) is 4.09. The summed E-state index contributed by atoms with van der Waals surface area (Å²) >= 11 is 0. The van der Waals surface area contributed by atoms with Gasteiger partial charge in [0.25, 0.3) is 5.91 Å². The number of tetrazole rings is 1. The van der Waals surface area contributed by atoms with Crippen molar-refractivity contribution in [1.29, 1.82) is 0 Å². The first-order chi connectivity index (χ1) is 10.8. The fourth-order valence-corrected chi connectivity index (χ4v) is 2.87. The number of hydrogen-bond donors (Lipinski definition) is 0. The van der Waals surface area contributed by atoms with Crippen LogP contribution in [0.4, 0.5) is 0 Å². The molecule has 0 atom stereocenters. The summed E-state index contributed by atoms with van der Waals surface area (Å²) in [6, 6.07) is 7.61. The maximum atomic E-state index is 12.7. The molecule has 1 aliphatic heterocycles. The van der Waals surface area contributed by atoms with Crippen molar-refractivity contribution in [2.75, 3.05) is 13.1 Å². The molecule has 2 heterocycles. The monoisotopic (exact) mass is 299 g/mol. The highest BCUT2D eigenvalue weighted by Crippen LogP contribution is 2.19. The Morgan fingerprint density at radius 3 is 2.68 bits per heavy atom. The molecule has 22 heavy (non-hydrogen) atoms. The summed E-state index contributed by atoms with van der Waals surface area (Å²) in [6.07, 6.45) is 4.63. The average molecular weight is 299 g/mol. The van der Waals surface area contributed by atoms with Gasteiger partial charge >= 0.3 is 0 Å². The fraction of sp³-hybridized carbons (Fsp3) is 0.500. The molecule has 1 saturated heterocycles. The molecular formula is C16H21N5O. The van der Waals surface area contributed by atoms with E-state index in [2.05, 4.69) is 15.5 Å². The Labute approximate surface area is 130 Å². The van der Waals surface area contributed by atoms with Gasteiger partial charge in [0.1, 0.15) is 0 Å². The van der Waals surface area contributed by atoms with Crippen molar-refractivity contribution in [2.24, 2.45) is 0 Å². The van der Waals surface area contributed by atoms with Crippen LogP contribution < -0.4 is 0 Å². The van der Waals surface area contributed by atoms with Crippen LogP contribution in [-0.2, 0) is 6.54 Å². The minimum atomic E-state index is 0.110. The number of hydrogen-bond acceptors (Lipinski definition) is 4. The van der Waals surface area contributed by atoms with Gasteiger partial charge < -0.3 is 4.90 Å². The highest BCUT2D eigenvalue weighted by molar-refractivity contribution is 5.95. The molecule has 6 nitrogen and oxygen atoms in total. The second kappa shape index (κ2) is 6.68. The molecule has 0 aliphatic carbocycles. The first-order valence-electron chi connectivity index (χ1n) is 7.95. The number of rotatable bonds is 3. The van der Waals surface area contributed by atoms with E-state index in [0.717, 1.165) is 31.5 Å². The van der Waals surface area contributed by atoms with Gasteiger partial charge in [-0.05, 0) is 42.3 Å². The van der Waals surface area contributed by atoms with Crippen LogP contribution in [0, 0.1) is 0 Å². The van der Waals surface area contributed by atoms with Gasteiger partial charge in [-0.2, -0.15) is 0 Å². The number of aryl methyl sites for hydroxylation is 1. The van der Waals surface area contributed by atoms with Gasteiger partial charge in [-0.1, -0.05) is 25.0 Å². The van der Waals surface area contributed by atoms with E-state index in [1.807, 2.05) is 36.1 Å². The Morgan fingerprint density at radius 1 is 1.18 bits per heavy atom. The lowest BCUT2D eigenvalue weighted by atomic mass is 10.1. The Hall–Kier alpha value is -2.24. The van der Waals surface area contributed by atoms with Crippen LogP contribution >= 0.6 is 0 Å². The van der Waals surface area contributed by atoms with E-state index in [9.17, 15) is 4.79 Å². The number of nitrogens with zero attached hydrogens (tertiary/aromatic N) is 5. The lowest BCUT2D eigenvalue weighted by Gasteiger charge is -2.20. The number of amides is 1. The molecule has 0 N–H and O–H groups in total. The molecule has 0 saturated carbocycles. The Balaban J connectivity index is 1.86. The summed E-state index contributed by atoms with van der Waals surface area (Å²) in [5.41, 5.74) is 1.59. The van der Waals surface area contributed by atoms with Crippen molar-refractivity contribution >= 4 is 5.91 Å². The molecular weight excluding hydrogens is 278 g/mol. The Bertz CT molecular complexity index is 643. The van der Waals surface area contributed by atoms with E-state index in [0.29, 0.717) is 17.9 Å². The first-order valence-corrected chi connectivity index (χ1v) is 7.95. The predicted molar refractivity (Wildman–Crippen MR) is 83.3 cm³/mol. The smallest absolute Gasteiger partial charge is 0.253 e. The van der Waals surface area contributed by atoms with Crippen LogP contribution in [0.2, 0.25) is 0 Å². The zero-order chi connectivity index (χ0) is 15.4. The maximum Gasteiger partial charge on any atom is 0.253 e. The molecule has 0 bridgehead atoms. The summed E-state index contributed by atoms with van der Waals surface area (Å²) in [4.78, 5) is 14.7. The van der Waals surface area contributed by atoms with E-state index in [1.165, 1.54) is 12.8 Å². The molecule has 1 fully saturated rings. The summed E-state index contributed by atoms with van der Waals surface area (Å²) < 4.78 is 1.73. The quantitative estimate of drug-likeness (QED) is 0.873. The largest absolute Gasteiger partial charge is 0.339 e. The Kier molecular flexibility index (Phi) is 4.46. The normalized spacial score (nSPS) is 15.6. The second-order valence-electron chi connectivity index (χ2n) is 5.61. The Morgan fingerprint density at radius 2 is 1.95 bits per heavy atom. The SMILES string of the molecule is CCn1nnnc1-c1cccc(C(=O)N2CCCCCC2)c1. The molecule has 116 valence electrons. The van der Waals surface area contributed by atoms with Crippen molar-refractivity contribution in [1.82, 2.24) is 25.1 Å². The van der Waals surface area contributed by atoms with E-state index >= 15 is 0 Å². The number of likely N-dealkylation sites (tertiary alicyclic amines) is 1. The predicted octanol–water partition coefficient (Wildman–Crippen LogP) is 2.38. The molecule has 0 spiro atoms. The van der Waals surface area contributed by atoms with E-state index < -0.39 is 0 Å². The van der Waals surface area contributed by atoms with Gasteiger partial charge in [0.2, 0.25) is 0 Å². The zero-order valence-electron chi connectivity index (χ0n) is 12.9. The van der Waals surface area contributed by atoms with Gasteiger partial charge in [-0.25, -0.2) is 4.68 Å². The van der Waals surface area contributed by atoms with Crippen molar-refractivity contribution in [3.8, 4) is 11.4 Å². The minimum absolute atomic E-state index is 0.110. The fourth-order valence-electron chi connectivity index (χ4n) is 2.87. The summed E-state index contributed by atoms with van der Waals surface area (Å²) in [5, 5.41) is 11.7. The first kappa shape index (κ1) is 14.7. The number of aromatic nitrogens is 4. The minimum Gasteiger partial charge on any atom is -0.339 e. The van der Waals surface area contributed by atoms with E-state index in [1.54, 1.807) is 4.68 Å². The molecule has 1 aliphatic rings. The van der Waals surface area contributed by atoms with Crippen molar-refractivity contribution < 1.29 is 4.79 Å². The van der Waals surface area contributed by atoms with Crippen molar-refractivity contribution in [3.05, 3.63) is 29.8 Å². The molecule has 0 radical (unpaired) electrons. The van der Waals surface area contributed by atoms with Crippen LogP contribution in [-0.4, -0.2) is 44.1 Å². The zero-order valence-corrected chi connectivity index (χ0v) is 12.9. The van der Waals surface area contributed by atoms with E-state index in [4.69, 9.17) is 0 Å². The third kappa shape index (κ3) is 3.00. The van der Waals surface area contributed by atoms with Gasteiger partial charge in [0, 0.05) is 30.8 Å². The molecule has 6 heteroatoms. The number of carbonyl (C=O) groups excluding carboxylic acids is 1.